The summed E-state index contributed by atoms with van der Waals surface area (Å²) in [5.41, 5.74) is 4.50. The van der Waals surface area contributed by atoms with Gasteiger partial charge in [-0.25, -0.2) is 4.21 Å². The first-order valence-corrected chi connectivity index (χ1v) is 11.5. The van der Waals surface area contributed by atoms with Crippen LogP contribution in [0.5, 0.6) is 0 Å². The third kappa shape index (κ3) is 4.34. The normalized spacial score (nSPS) is 14.5. The number of nitrogens with zero attached hydrogens (tertiary/aromatic N) is 1. The Kier molecular flexibility index (Phi) is 6.06. The van der Waals surface area contributed by atoms with Gasteiger partial charge in [0.2, 0.25) is 0 Å². The maximum absolute atomic E-state index is 13.2. The number of anilines is 1. The Labute approximate surface area is 188 Å². The molecule has 2 aromatic carbocycles. The molecular formula is C22H21ClN2O3S2. The molecule has 1 atom stereocenters. The van der Waals surface area contributed by atoms with Crippen LogP contribution in [0.4, 0.5) is 5.69 Å². The van der Waals surface area contributed by atoms with E-state index in [1.807, 2.05) is 47.9 Å². The van der Waals surface area contributed by atoms with Crippen molar-refractivity contribution in [3.05, 3.63) is 64.8 Å². The molecule has 1 fully saturated rings. The lowest BCUT2D eigenvalue weighted by Gasteiger charge is -2.09. The number of rotatable bonds is 7. The van der Waals surface area contributed by atoms with Gasteiger partial charge in [0.05, 0.1) is 5.03 Å². The number of carbonyl (C=O) groups is 1. The van der Waals surface area contributed by atoms with Gasteiger partial charge in [-0.2, -0.15) is 0 Å². The lowest BCUT2D eigenvalue weighted by molar-refractivity contribution is 0.0976. The van der Waals surface area contributed by atoms with E-state index in [0.29, 0.717) is 33.6 Å². The maximum Gasteiger partial charge on any atom is 0.259 e. The van der Waals surface area contributed by atoms with E-state index in [1.165, 1.54) is 0 Å². The van der Waals surface area contributed by atoms with Crippen LogP contribution < -0.4 is 4.72 Å². The van der Waals surface area contributed by atoms with Crippen molar-refractivity contribution in [3.8, 4) is 16.8 Å². The monoisotopic (exact) mass is 460 g/mol. The second kappa shape index (κ2) is 8.59. The summed E-state index contributed by atoms with van der Waals surface area (Å²) in [4.78, 5) is 13.2. The second-order valence-electron chi connectivity index (χ2n) is 7.47. The van der Waals surface area contributed by atoms with E-state index in [-0.39, 0.29) is 5.78 Å². The third-order valence-corrected chi connectivity index (χ3v) is 6.38. The molecule has 0 radical (unpaired) electrons. The van der Waals surface area contributed by atoms with E-state index < -0.39 is 11.3 Å². The Bertz CT molecular complexity index is 1120. The Morgan fingerprint density at radius 3 is 2.40 bits per heavy atom. The highest BCUT2D eigenvalue weighted by Crippen LogP contribution is 2.41. The van der Waals surface area contributed by atoms with Gasteiger partial charge >= 0.3 is 0 Å². The minimum Gasteiger partial charge on any atom is -0.308 e. The highest BCUT2D eigenvalue weighted by atomic mass is 35.5. The van der Waals surface area contributed by atoms with Crippen LogP contribution in [-0.2, 0) is 11.3 Å². The number of thiol groups is 1. The number of Topliss-reactive ketones (excluding diaryl/α,β-unsaturated/α-hetero) is 1. The fourth-order valence-electron chi connectivity index (χ4n) is 3.69. The quantitative estimate of drug-likeness (QED) is 0.232. The lowest BCUT2D eigenvalue weighted by atomic mass is 9.97. The minimum atomic E-state index is -2.14. The molecule has 1 saturated carbocycles. The Morgan fingerprint density at radius 2 is 1.83 bits per heavy atom. The molecule has 1 aliphatic rings. The summed E-state index contributed by atoms with van der Waals surface area (Å²) in [6, 6.07) is 14.5. The molecule has 8 heteroatoms. The SMILES string of the molecule is Cc1c(C(=O)CC2CC2)c(-c2ccc(NS(=O)O)cc2)c(S)n1-c1ccc(Cl)cc1. The van der Waals surface area contributed by atoms with E-state index in [0.717, 1.165) is 35.3 Å². The van der Waals surface area contributed by atoms with Gasteiger partial charge in [-0.1, -0.05) is 23.7 Å². The minimum absolute atomic E-state index is 0.117. The van der Waals surface area contributed by atoms with E-state index in [1.54, 1.807) is 12.1 Å². The average Bonchev–Trinajstić information content (AvgIpc) is 3.47. The first-order valence-electron chi connectivity index (χ1n) is 9.56. The van der Waals surface area contributed by atoms with Gasteiger partial charge in [0.15, 0.2) is 5.78 Å². The van der Waals surface area contributed by atoms with Crippen LogP contribution in [0.15, 0.2) is 53.6 Å². The Morgan fingerprint density at radius 1 is 1.20 bits per heavy atom. The number of ketones is 1. The van der Waals surface area contributed by atoms with Crippen LogP contribution in [0.2, 0.25) is 5.02 Å². The van der Waals surface area contributed by atoms with Crippen LogP contribution in [-0.4, -0.2) is 19.1 Å². The molecule has 156 valence electrons. The molecule has 0 spiro atoms. The van der Waals surface area contributed by atoms with Crippen LogP contribution in [0.3, 0.4) is 0 Å². The molecule has 5 nitrogen and oxygen atoms in total. The number of nitrogens with one attached hydrogen (secondary N) is 1. The number of carbonyl (C=O) groups excluding carboxylic acids is 1. The predicted molar refractivity (Wildman–Crippen MR) is 124 cm³/mol. The Balaban J connectivity index is 1.84. The van der Waals surface area contributed by atoms with E-state index in [9.17, 15) is 9.00 Å². The highest BCUT2D eigenvalue weighted by molar-refractivity contribution is 7.80. The van der Waals surface area contributed by atoms with Crippen LogP contribution in [0.1, 0.15) is 35.3 Å². The van der Waals surface area contributed by atoms with Crippen molar-refractivity contribution >= 4 is 47.0 Å². The van der Waals surface area contributed by atoms with Crippen molar-refractivity contribution in [2.75, 3.05) is 4.72 Å². The van der Waals surface area contributed by atoms with Crippen LogP contribution in [0.25, 0.3) is 16.8 Å². The molecule has 1 unspecified atom stereocenters. The van der Waals surface area contributed by atoms with Crippen molar-refractivity contribution in [2.24, 2.45) is 5.92 Å². The molecule has 30 heavy (non-hydrogen) atoms. The van der Waals surface area contributed by atoms with Crippen molar-refractivity contribution in [1.82, 2.24) is 4.57 Å². The number of hydrogen-bond acceptors (Lipinski definition) is 3. The van der Waals surface area contributed by atoms with Gasteiger partial charge in [-0.05, 0) is 67.6 Å². The van der Waals surface area contributed by atoms with E-state index >= 15 is 0 Å². The molecule has 0 amide bonds. The van der Waals surface area contributed by atoms with E-state index in [4.69, 9.17) is 28.8 Å². The molecule has 0 bridgehead atoms. The smallest absolute Gasteiger partial charge is 0.259 e. The number of halogens is 1. The van der Waals surface area contributed by atoms with Gasteiger partial charge in [-0.3, -0.25) is 14.1 Å². The number of aromatic nitrogens is 1. The molecule has 1 heterocycles. The predicted octanol–water partition coefficient (Wildman–Crippen LogP) is 5.93. The molecule has 1 aliphatic carbocycles. The van der Waals surface area contributed by atoms with Gasteiger partial charge in [0.25, 0.3) is 11.3 Å². The van der Waals surface area contributed by atoms with Crippen molar-refractivity contribution in [1.29, 1.82) is 0 Å². The first-order chi connectivity index (χ1) is 14.3. The molecule has 4 rings (SSSR count). The van der Waals surface area contributed by atoms with Gasteiger partial charge in [-0.15, -0.1) is 12.6 Å². The van der Waals surface area contributed by atoms with Gasteiger partial charge in [0.1, 0.15) is 0 Å². The van der Waals surface area contributed by atoms with Crippen molar-refractivity contribution in [2.45, 2.75) is 31.2 Å². The maximum atomic E-state index is 13.2. The fraction of sp³-hybridized carbons (Fsp3) is 0.227. The standard InChI is InChI=1S/C22H21ClN2O3S2/c1-13-20(19(26)12-14-2-3-14)21(15-4-8-17(9-5-15)24-30(27)28)22(29)25(13)18-10-6-16(23)7-11-18/h4-11,14,24,29H,2-3,12H2,1H3,(H,27,28). The molecule has 0 saturated heterocycles. The molecular weight excluding hydrogens is 440 g/mol. The summed E-state index contributed by atoms with van der Waals surface area (Å²) in [5.74, 6) is 0.588. The summed E-state index contributed by atoms with van der Waals surface area (Å²) in [6.45, 7) is 1.93. The summed E-state index contributed by atoms with van der Waals surface area (Å²) in [5, 5.41) is 1.30. The molecule has 0 aliphatic heterocycles. The summed E-state index contributed by atoms with van der Waals surface area (Å²) < 4.78 is 24.4. The third-order valence-electron chi connectivity index (χ3n) is 5.30. The second-order valence-corrected chi connectivity index (χ2v) is 9.03. The van der Waals surface area contributed by atoms with Gasteiger partial charge < -0.3 is 4.57 Å². The Hall–Kier alpha value is -2.06. The van der Waals surface area contributed by atoms with Crippen LogP contribution in [0, 0.1) is 12.8 Å². The highest BCUT2D eigenvalue weighted by Gasteiger charge is 2.30. The van der Waals surface area contributed by atoms with Crippen LogP contribution >= 0.6 is 24.2 Å². The molecule has 2 N–H and O–H groups in total. The zero-order valence-corrected chi connectivity index (χ0v) is 18.7. The van der Waals surface area contributed by atoms with Gasteiger partial charge in [0, 0.05) is 39.6 Å². The largest absolute Gasteiger partial charge is 0.308 e. The zero-order valence-electron chi connectivity index (χ0n) is 16.3. The fourth-order valence-corrected chi connectivity index (χ4v) is 4.66. The molecule has 3 aromatic rings. The first kappa shape index (κ1) is 21.2. The topological polar surface area (TPSA) is 71.3 Å². The lowest BCUT2D eigenvalue weighted by Crippen LogP contribution is -2.05. The zero-order chi connectivity index (χ0) is 21.4. The molecule has 1 aromatic heterocycles. The van der Waals surface area contributed by atoms with Crippen molar-refractivity contribution < 1.29 is 13.6 Å². The van der Waals surface area contributed by atoms with Crippen molar-refractivity contribution in [3.63, 3.8) is 0 Å². The summed E-state index contributed by atoms with van der Waals surface area (Å²) >= 11 is 8.71. The summed E-state index contributed by atoms with van der Waals surface area (Å²) in [7, 11) is 0. The number of benzene rings is 2. The summed E-state index contributed by atoms with van der Waals surface area (Å²) in [6.07, 6.45) is 2.74. The average molecular weight is 461 g/mol. The van der Waals surface area contributed by atoms with E-state index in [2.05, 4.69) is 4.72 Å². The number of hydrogen-bond donors (Lipinski definition) is 3.